The van der Waals surface area contributed by atoms with Gasteiger partial charge >= 0.3 is 0 Å². The molecule has 20 heavy (non-hydrogen) atoms. The third kappa shape index (κ3) is 3.03. The Hall–Kier alpha value is -2.62. The standard InChI is InChI=1S/C16H16N2O2/c1-11(12-7-3-2-4-8-12)18-16(20)14-10-6-5-9-13(14)15(17)19/h2-11H,1H3,(H2,17,19)(H,18,20)/t11-/m0/s1. The fourth-order valence-corrected chi connectivity index (χ4v) is 2.00. The first-order valence-electron chi connectivity index (χ1n) is 6.34. The van der Waals surface area contributed by atoms with Crippen molar-refractivity contribution in [2.45, 2.75) is 13.0 Å². The first-order valence-corrected chi connectivity index (χ1v) is 6.34. The van der Waals surface area contributed by atoms with Crippen LogP contribution in [0.3, 0.4) is 0 Å². The molecule has 0 saturated carbocycles. The van der Waals surface area contributed by atoms with Gasteiger partial charge in [-0.15, -0.1) is 0 Å². The molecule has 4 nitrogen and oxygen atoms in total. The van der Waals surface area contributed by atoms with E-state index in [9.17, 15) is 9.59 Å². The number of carbonyl (C=O) groups excluding carboxylic acids is 2. The van der Waals surface area contributed by atoms with Crippen molar-refractivity contribution in [2.75, 3.05) is 0 Å². The first-order chi connectivity index (χ1) is 9.59. The molecule has 0 aromatic heterocycles. The van der Waals surface area contributed by atoms with Crippen LogP contribution in [0.25, 0.3) is 0 Å². The van der Waals surface area contributed by atoms with E-state index in [-0.39, 0.29) is 17.5 Å². The van der Waals surface area contributed by atoms with Crippen molar-refractivity contribution in [1.82, 2.24) is 5.32 Å². The van der Waals surface area contributed by atoms with Crippen LogP contribution in [0, 0.1) is 0 Å². The maximum absolute atomic E-state index is 12.2. The molecular weight excluding hydrogens is 252 g/mol. The molecule has 3 N–H and O–H groups in total. The highest BCUT2D eigenvalue weighted by Crippen LogP contribution is 2.14. The maximum Gasteiger partial charge on any atom is 0.252 e. The number of nitrogens with two attached hydrogens (primary N) is 1. The van der Waals surface area contributed by atoms with Crippen molar-refractivity contribution in [3.8, 4) is 0 Å². The molecule has 4 heteroatoms. The van der Waals surface area contributed by atoms with Gasteiger partial charge in [-0.05, 0) is 24.6 Å². The first kappa shape index (κ1) is 13.8. The lowest BCUT2D eigenvalue weighted by atomic mass is 10.0. The number of carbonyl (C=O) groups is 2. The van der Waals surface area contributed by atoms with Crippen LogP contribution < -0.4 is 11.1 Å². The summed E-state index contributed by atoms with van der Waals surface area (Å²) in [4.78, 5) is 23.6. The summed E-state index contributed by atoms with van der Waals surface area (Å²) in [5, 5.41) is 2.86. The average Bonchev–Trinajstić information content (AvgIpc) is 2.48. The zero-order valence-corrected chi connectivity index (χ0v) is 11.2. The monoisotopic (exact) mass is 268 g/mol. The number of benzene rings is 2. The molecule has 0 spiro atoms. The summed E-state index contributed by atoms with van der Waals surface area (Å²) < 4.78 is 0. The van der Waals surface area contributed by atoms with Crippen molar-refractivity contribution in [2.24, 2.45) is 5.73 Å². The largest absolute Gasteiger partial charge is 0.366 e. The number of hydrogen-bond donors (Lipinski definition) is 2. The zero-order chi connectivity index (χ0) is 14.5. The lowest BCUT2D eigenvalue weighted by molar-refractivity contribution is 0.0924. The fourth-order valence-electron chi connectivity index (χ4n) is 2.00. The van der Waals surface area contributed by atoms with Crippen LogP contribution in [0.4, 0.5) is 0 Å². The number of nitrogens with one attached hydrogen (secondary N) is 1. The van der Waals surface area contributed by atoms with Gasteiger partial charge in [0.2, 0.25) is 5.91 Å². The van der Waals surface area contributed by atoms with E-state index in [1.54, 1.807) is 24.3 Å². The Morgan fingerprint density at radius 3 is 2.10 bits per heavy atom. The molecule has 0 fully saturated rings. The second-order valence-corrected chi connectivity index (χ2v) is 4.52. The highest BCUT2D eigenvalue weighted by Gasteiger charge is 2.16. The van der Waals surface area contributed by atoms with Gasteiger partial charge in [0.05, 0.1) is 17.2 Å². The predicted octanol–water partition coefficient (Wildman–Crippen LogP) is 2.28. The molecule has 0 unspecified atom stereocenters. The smallest absolute Gasteiger partial charge is 0.252 e. The van der Waals surface area contributed by atoms with Crippen LogP contribution in [-0.2, 0) is 0 Å². The number of amides is 2. The van der Waals surface area contributed by atoms with Gasteiger partial charge in [-0.2, -0.15) is 0 Å². The lowest BCUT2D eigenvalue weighted by Crippen LogP contribution is -2.29. The van der Waals surface area contributed by atoms with Crippen LogP contribution >= 0.6 is 0 Å². The Kier molecular flexibility index (Phi) is 4.15. The van der Waals surface area contributed by atoms with Gasteiger partial charge < -0.3 is 11.1 Å². The van der Waals surface area contributed by atoms with E-state index in [0.29, 0.717) is 5.56 Å². The van der Waals surface area contributed by atoms with Crippen molar-refractivity contribution >= 4 is 11.8 Å². The Balaban J connectivity index is 2.19. The van der Waals surface area contributed by atoms with E-state index in [1.165, 1.54) is 0 Å². The Labute approximate surface area is 117 Å². The second kappa shape index (κ2) is 6.02. The quantitative estimate of drug-likeness (QED) is 0.892. The van der Waals surface area contributed by atoms with Gasteiger partial charge in [0.1, 0.15) is 0 Å². The molecule has 0 aliphatic carbocycles. The summed E-state index contributed by atoms with van der Waals surface area (Å²) in [7, 11) is 0. The van der Waals surface area contributed by atoms with Crippen LogP contribution in [0.1, 0.15) is 39.2 Å². The Morgan fingerprint density at radius 2 is 1.50 bits per heavy atom. The maximum atomic E-state index is 12.2. The second-order valence-electron chi connectivity index (χ2n) is 4.52. The van der Waals surface area contributed by atoms with E-state index in [1.807, 2.05) is 37.3 Å². The molecule has 2 aromatic carbocycles. The molecule has 0 heterocycles. The third-order valence-electron chi connectivity index (χ3n) is 3.08. The summed E-state index contributed by atoms with van der Waals surface area (Å²) in [6, 6.07) is 16.0. The van der Waals surface area contributed by atoms with Gasteiger partial charge in [-0.25, -0.2) is 0 Å². The molecule has 0 aliphatic heterocycles. The predicted molar refractivity (Wildman–Crippen MR) is 77.3 cm³/mol. The van der Waals surface area contributed by atoms with Gasteiger partial charge in [0, 0.05) is 0 Å². The minimum absolute atomic E-state index is 0.148. The normalized spacial score (nSPS) is 11.7. The minimum atomic E-state index is -0.608. The highest BCUT2D eigenvalue weighted by molar-refractivity contribution is 6.06. The van der Waals surface area contributed by atoms with Gasteiger partial charge in [-0.1, -0.05) is 42.5 Å². The molecular formula is C16H16N2O2. The average molecular weight is 268 g/mol. The minimum Gasteiger partial charge on any atom is -0.366 e. The molecule has 0 saturated heterocycles. The fraction of sp³-hybridized carbons (Fsp3) is 0.125. The van der Waals surface area contributed by atoms with Crippen LogP contribution in [-0.4, -0.2) is 11.8 Å². The Morgan fingerprint density at radius 1 is 0.950 bits per heavy atom. The van der Waals surface area contributed by atoms with E-state index < -0.39 is 5.91 Å². The molecule has 0 aliphatic rings. The van der Waals surface area contributed by atoms with E-state index >= 15 is 0 Å². The summed E-state index contributed by atoms with van der Waals surface area (Å²) >= 11 is 0. The van der Waals surface area contributed by atoms with Crippen LogP contribution in [0.2, 0.25) is 0 Å². The topological polar surface area (TPSA) is 72.2 Å². The van der Waals surface area contributed by atoms with Gasteiger partial charge in [0.15, 0.2) is 0 Å². The SMILES string of the molecule is C[C@H](NC(=O)c1ccccc1C(N)=O)c1ccccc1. The highest BCUT2D eigenvalue weighted by atomic mass is 16.2. The number of primary amides is 1. The molecule has 2 amide bonds. The van der Waals surface area contributed by atoms with E-state index in [2.05, 4.69) is 5.32 Å². The van der Waals surface area contributed by atoms with Crippen molar-refractivity contribution in [1.29, 1.82) is 0 Å². The molecule has 0 bridgehead atoms. The van der Waals surface area contributed by atoms with Crippen molar-refractivity contribution < 1.29 is 9.59 Å². The summed E-state index contributed by atoms with van der Waals surface area (Å²) in [6.07, 6.45) is 0. The van der Waals surface area contributed by atoms with Gasteiger partial charge in [0.25, 0.3) is 5.91 Å². The summed E-state index contributed by atoms with van der Waals surface area (Å²) in [5.74, 6) is -0.918. The van der Waals surface area contributed by atoms with Gasteiger partial charge in [-0.3, -0.25) is 9.59 Å². The lowest BCUT2D eigenvalue weighted by Gasteiger charge is -2.15. The van der Waals surface area contributed by atoms with Crippen LogP contribution in [0.15, 0.2) is 54.6 Å². The molecule has 2 aromatic rings. The van der Waals surface area contributed by atoms with Crippen molar-refractivity contribution in [3.63, 3.8) is 0 Å². The molecule has 1 atom stereocenters. The Bertz CT molecular complexity index is 623. The molecule has 2 rings (SSSR count). The molecule has 102 valence electrons. The summed E-state index contributed by atoms with van der Waals surface area (Å²) in [6.45, 7) is 1.89. The zero-order valence-electron chi connectivity index (χ0n) is 11.2. The third-order valence-corrected chi connectivity index (χ3v) is 3.08. The number of rotatable bonds is 4. The van der Waals surface area contributed by atoms with E-state index in [4.69, 9.17) is 5.73 Å². The summed E-state index contributed by atoms with van der Waals surface area (Å²) in [5.41, 5.74) is 6.79. The van der Waals surface area contributed by atoms with Crippen LogP contribution in [0.5, 0.6) is 0 Å². The molecule has 0 radical (unpaired) electrons. The van der Waals surface area contributed by atoms with E-state index in [0.717, 1.165) is 5.56 Å². The van der Waals surface area contributed by atoms with Crippen molar-refractivity contribution in [3.05, 3.63) is 71.3 Å². The number of hydrogen-bond acceptors (Lipinski definition) is 2.